The van der Waals surface area contributed by atoms with Crippen molar-refractivity contribution in [2.24, 2.45) is 4.99 Å². The number of nitro groups is 1. The first kappa shape index (κ1) is 25.8. The Morgan fingerprint density at radius 1 is 1.19 bits per heavy atom. The van der Waals surface area contributed by atoms with Crippen LogP contribution < -0.4 is 24.4 Å². The van der Waals surface area contributed by atoms with Crippen molar-refractivity contribution in [3.05, 3.63) is 94.7 Å². The molecule has 192 valence electrons. The number of esters is 1. The van der Waals surface area contributed by atoms with Crippen LogP contribution in [0.3, 0.4) is 0 Å². The molecule has 0 fully saturated rings. The summed E-state index contributed by atoms with van der Waals surface area (Å²) in [5, 5.41) is 11.5. The lowest BCUT2D eigenvalue weighted by Gasteiger charge is -2.26. The maximum Gasteiger partial charge on any atom is 0.338 e. The van der Waals surface area contributed by atoms with Gasteiger partial charge in [0.15, 0.2) is 10.6 Å². The van der Waals surface area contributed by atoms with Gasteiger partial charge in [-0.1, -0.05) is 35.6 Å². The number of nitrogens with zero attached hydrogens (tertiary/aromatic N) is 3. The fraction of sp³-hybridized carbons (Fsp3) is 0.269. The zero-order valence-corrected chi connectivity index (χ0v) is 21.5. The fourth-order valence-corrected chi connectivity index (χ4v) is 5.22. The molecule has 0 unspecified atom stereocenters. The van der Waals surface area contributed by atoms with E-state index < -0.39 is 22.5 Å². The number of fused-ring (bicyclic) bond motifs is 1. The van der Waals surface area contributed by atoms with Gasteiger partial charge in [-0.3, -0.25) is 19.5 Å². The van der Waals surface area contributed by atoms with E-state index in [0.29, 0.717) is 38.5 Å². The van der Waals surface area contributed by atoms with Gasteiger partial charge < -0.3 is 14.2 Å². The lowest BCUT2D eigenvalue weighted by molar-refractivity contribution is -0.385. The number of hydrogen-bond donors (Lipinski definition) is 0. The fourth-order valence-electron chi connectivity index (χ4n) is 4.17. The molecule has 1 aliphatic rings. The smallest absolute Gasteiger partial charge is 0.338 e. The number of nitro benzene ring substituents is 1. The Bertz CT molecular complexity index is 1590. The van der Waals surface area contributed by atoms with Crippen LogP contribution in [0.15, 0.2) is 63.5 Å². The van der Waals surface area contributed by atoms with Gasteiger partial charge in [0.1, 0.15) is 11.8 Å². The van der Waals surface area contributed by atoms with Crippen molar-refractivity contribution in [3.8, 4) is 11.5 Å². The molecule has 10 nitrogen and oxygen atoms in total. The number of benzene rings is 2. The molecule has 2 aromatic carbocycles. The van der Waals surface area contributed by atoms with E-state index in [1.165, 1.54) is 23.8 Å². The van der Waals surface area contributed by atoms with Crippen LogP contribution in [-0.2, 0) is 9.53 Å². The highest BCUT2D eigenvalue weighted by Gasteiger charge is 2.35. The summed E-state index contributed by atoms with van der Waals surface area (Å²) in [6, 6.07) is 10.8. The van der Waals surface area contributed by atoms with Crippen LogP contribution in [0.1, 0.15) is 37.9 Å². The van der Waals surface area contributed by atoms with Crippen LogP contribution in [0.25, 0.3) is 6.08 Å². The molecule has 0 saturated carbocycles. The van der Waals surface area contributed by atoms with Crippen molar-refractivity contribution < 1.29 is 23.9 Å². The van der Waals surface area contributed by atoms with Crippen LogP contribution in [0.5, 0.6) is 11.5 Å². The third-order valence-electron chi connectivity index (χ3n) is 5.73. The Balaban J connectivity index is 1.96. The third kappa shape index (κ3) is 4.90. The van der Waals surface area contributed by atoms with Gasteiger partial charge >= 0.3 is 11.7 Å². The number of thiazole rings is 1. The average Bonchev–Trinajstić information content (AvgIpc) is 3.18. The molecule has 11 heteroatoms. The van der Waals surface area contributed by atoms with Gasteiger partial charge in [0.05, 0.1) is 41.0 Å². The summed E-state index contributed by atoms with van der Waals surface area (Å²) in [7, 11) is 1.35. The van der Waals surface area contributed by atoms with Crippen molar-refractivity contribution in [2.75, 3.05) is 20.3 Å². The SMILES string of the molecule is CCOC(=O)C1=C(C)N=c2s/c(=C\c3ccc(OC)c([N+](=O)[O-])c3)c(=O)n2[C@@H]1c1ccccc1OCC. The molecule has 0 aliphatic carbocycles. The van der Waals surface area contributed by atoms with Gasteiger partial charge in [-0.2, -0.15) is 0 Å². The Morgan fingerprint density at radius 2 is 1.95 bits per heavy atom. The van der Waals surface area contributed by atoms with Crippen LogP contribution in [0, 0.1) is 10.1 Å². The molecule has 2 heterocycles. The Labute approximate surface area is 215 Å². The molecule has 1 aliphatic heterocycles. The zero-order valence-electron chi connectivity index (χ0n) is 20.7. The number of hydrogen-bond acceptors (Lipinski definition) is 9. The Hall–Kier alpha value is -4.25. The second kappa shape index (κ2) is 10.8. The van der Waals surface area contributed by atoms with E-state index in [4.69, 9.17) is 14.2 Å². The number of ether oxygens (including phenoxy) is 3. The predicted molar refractivity (Wildman–Crippen MR) is 138 cm³/mol. The van der Waals surface area contributed by atoms with Crippen molar-refractivity contribution in [3.63, 3.8) is 0 Å². The molecule has 0 radical (unpaired) electrons. The molecule has 0 amide bonds. The summed E-state index contributed by atoms with van der Waals surface area (Å²) in [6.45, 7) is 5.82. The molecule has 0 spiro atoms. The molecular weight excluding hydrogens is 498 g/mol. The number of allylic oxidation sites excluding steroid dienone is 1. The van der Waals surface area contributed by atoms with Gasteiger partial charge in [-0.25, -0.2) is 9.79 Å². The molecule has 37 heavy (non-hydrogen) atoms. The van der Waals surface area contributed by atoms with Crippen LogP contribution in [-0.4, -0.2) is 35.8 Å². The minimum atomic E-state index is -0.828. The first-order valence-corrected chi connectivity index (χ1v) is 12.4. The third-order valence-corrected chi connectivity index (χ3v) is 6.71. The number of rotatable bonds is 8. The van der Waals surface area contributed by atoms with Gasteiger partial charge in [-0.15, -0.1) is 0 Å². The van der Waals surface area contributed by atoms with Crippen molar-refractivity contribution >= 4 is 29.1 Å². The van der Waals surface area contributed by atoms with Crippen LogP contribution >= 0.6 is 11.3 Å². The van der Waals surface area contributed by atoms with E-state index in [1.807, 2.05) is 19.1 Å². The van der Waals surface area contributed by atoms with Crippen molar-refractivity contribution in [1.82, 2.24) is 4.57 Å². The summed E-state index contributed by atoms with van der Waals surface area (Å²) < 4.78 is 18.0. The maximum atomic E-state index is 13.8. The van der Waals surface area contributed by atoms with E-state index in [9.17, 15) is 19.7 Å². The Morgan fingerprint density at radius 3 is 2.62 bits per heavy atom. The van der Waals surface area contributed by atoms with Crippen LogP contribution in [0.2, 0.25) is 0 Å². The molecular formula is C26H25N3O7S. The lowest BCUT2D eigenvalue weighted by atomic mass is 9.95. The van der Waals surface area contributed by atoms with Gasteiger partial charge in [-0.05, 0) is 44.5 Å². The van der Waals surface area contributed by atoms with Gasteiger partial charge in [0.25, 0.3) is 5.56 Å². The van der Waals surface area contributed by atoms with Gasteiger partial charge in [0, 0.05) is 11.6 Å². The number of methoxy groups -OCH3 is 1. The minimum absolute atomic E-state index is 0.117. The van der Waals surface area contributed by atoms with E-state index in [-0.39, 0.29) is 23.6 Å². The molecule has 1 aromatic heterocycles. The highest BCUT2D eigenvalue weighted by molar-refractivity contribution is 7.07. The van der Waals surface area contributed by atoms with Crippen LogP contribution in [0.4, 0.5) is 5.69 Å². The second-order valence-electron chi connectivity index (χ2n) is 7.96. The minimum Gasteiger partial charge on any atom is -0.494 e. The largest absolute Gasteiger partial charge is 0.494 e. The summed E-state index contributed by atoms with van der Waals surface area (Å²) >= 11 is 1.13. The highest BCUT2D eigenvalue weighted by atomic mass is 32.1. The monoisotopic (exact) mass is 523 g/mol. The average molecular weight is 524 g/mol. The van der Waals surface area contributed by atoms with E-state index in [1.54, 1.807) is 38.1 Å². The second-order valence-corrected chi connectivity index (χ2v) is 8.97. The summed E-state index contributed by atoms with van der Waals surface area (Å²) in [5.41, 5.74) is 1.14. The Kier molecular flexibility index (Phi) is 7.53. The molecule has 0 N–H and O–H groups in total. The van der Waals surface area contributed by atoms with E-state index >= 15 is 0 Å². The van der Waals surface area contributed by atoms with Crippen molar-refractivity contribution in [2.45, 2.75) is 26.8 Å². The zero-order chi connectivity index (χ0) is 26.7. The quantitative estimate of drug-likeness (QED) is 0.253. The highest BCUT2D eigenvalue weighted by Crippen LogP contribution is 2.36. The lowest BCUT2D eigenvalue weighted by Crippen LogP contribution is -2.40. The molecule has 0 bridgehead atoms. The summed E-state index contributed by atoms with van der Waals surface area (Å²) in [6.07, 6.45) is 1.56. The standard InChI is InChI=1S/C26H25N3O7S/c1-5-35-19-10-8-7-9-17(19)23-22(25(31)36-6-2)15(3)27-26-28(23)24(30)21(37-26)14-16-11-12-20(34-4)18(13-16)29(32)33/h7-14,23H,5-6H2,1-4H3/b21-14-/t23-/m1/s1. The summed E-state index contributed by atoms with van der Waals surface area (Å²) in [5.74, 6) is 0.0813. The molecule has 4 rings (SSSR count). The van der Waals surface area contributed by atoms with Gasteiger partial charge in [0.2, 0.25) is 0 Å². The number of para-hydroxylation sites is 1. The molecule has 1 atom stereocenters. The maximum absolute atomic E-state index is 13.8. The number of aromatic nitrogens is 1. The van der Waals surface area contributed by atoms with E-state index in [0.717, 1.165) is 11.3 Å². The first-order valence-electron chi connectivity index (χ1n) is 11.5. The topological polar surface area (TPSA) is 122 Å². The normalized spacial score (nSPS) is 15.1. The van der Waals surface area contributed by atoms with Crippen molar-refractivity contribution in [1.29, 1.82) is 0 Å². The molecule has 3 aromatic rings. The molecule has 0 saturated heterocycles. The predicted octanol–water partition coefficient (Wildman–Crippen LogP) is 3.11. The summed E-state index contributed by atoms with van der Waals surface area (Å²) in [4.78, 5) is 42.7. The first-order chi connectivity index (χ1) is 17.8. The number of carbonyl (C=O) groups excluding carboxylic acids is 1. The number of carbonyl (C=O) groups is 1. The van der Waals surface area contributed by atoms with E-state index in [2.05, 4.69) is 4.99 Å².